The lowest BCUT2D eigenvalue weighted by molar-refractivity contribution is 0.0953. The molecule has 0 spiro atoms. The van der Waals surface area contributed by atoms with Crippen LogP contribution in [0.4, 0.5) is 5.69 Å². The number of hydrogen-bond acceptors (Lipinski definition) is 3. The largest absolute Gasteiger partial charge is 0.352 e. The Morgan fingerprint density at radius 1 is 1.36 bits per heavy atom. The third-order valence-corrected chi connectivity index (χ3v) is 5.86. The number of fused-ring (bicyclic) bond motifs is 1. The second-order valence-corrected chi connectivity index (χ2v) is 7.84. The number of carbonyl (C=O) groups excluding carboxylic acids is 1. The van der Waals surface area contributed by atoms with Gasteiger partial charge in [0.1, 0.15) is 0 Å². The summed E-state index contributed by atoms with van der Waals surface area (Å²) >= 11 is 0. The zero-order valence-corrected chi connectivity index (χ0v) is 14.2. The molecule has 1 atom stereocenters. The fraction of sp³-hybridized carbons (Fsp3) is 0.562. The van der Waals surface area contributed by atoms with Crippen molar-refractivity contribution in [3.63, 3.8) is 0 Å². The quantitative estimate of drug-likeness (QED) is 0.817. The van der Waals surface area contributed by atoms with Crippen molar-refractivity contribution in [2.75, 3.05) is 16.6 Å². The Bertz CT molecular complexity index is 655. The Morgan fingerprint density at radius 2 is 2.09 bits per heavy atom. The van der Waals surface area contributed by atoms with E-state index in [0.29, 0.717) is 24.2 Å². The second kappa shape index (κ2) is 6.69. The lowest BCUT2D eigenvalue weighted by Crippen LogP contribution is -2.36. The Balaban J connectivity index is 2.24. The molecule has 22 heavy (non-hydrogen) atoms. The molecular weight excluding hydrogens is 300 g/mol. The number of unbranched alkanes of at least 4 members (excludes halogenated alkanes) is 1. The highest BCUT2D eigenvalue weighted by Gasteiger charge is 2.34. The predicted molar refractivity (Wildman–Crippen MR) is 88.8 cm³/mol. The Kier molecular flexibility index (Phi) is 5.11. The van der Waals surface area contributed by atoms with E-state index in [4.69, 9.17) is 0 Å². The monoisotopic (exact) mass is 324 g/mol. The van der Waals surface area contributed by atoms with Gasteiger partial charge in [-0.3, -0.25) is 9.10 Å². The van der Waals surface area contributed by atoms with Gasteiger partial charge >= 0.3 is 0 Å². The van der Waals surface area contributed by atoms with Crippen molar-refractivity contribution in [1.29, 1.82) is 0 Å². The standard InChI is InChI=1S/C16H24N2O3S/c1-4-6-9-17-16(19)13-7-8-15-14(11-13)10-12(3)18(15)22(20,21)5-2/h7-8,11-12H,4-6,9-10H2,1-3H3,(H,17,19)/t12-/m0/s1. The molecule has 122 valence electrons. The van der Waals surface area contributed by atoms with Crippen LogP contribution in [0.3, 0.4) is 0 Å². The highest BCUT2D eigenvalue weighted by molar-refractivity contribution is 7.92. The molecule has 5 nitrogen and oxygen atoms in total. The van der Waals surface area contributed by atoms with Gasteiger partial charge in [-0.25, -0.2) is 8.42 Å². The molecule has 0 aliphatic carbocycles. The molecule has 1 heterocycles. The maximum Gasteiger partial charge on any atom is 0.251 e. The van der Waals surface area contributed by atoms with Crippen LogP contribution in [0.5, 0.6) is 0 Å². The summed E-state index contributed by atoms with van der Waals surface area (Å²) in [6, 6.07) is 5.17. The number of benzene rings is 1. The van der Waals surface area contributed by atoms with Crippen molar-refractivity contribution in [2.24, 2.45) is 0 Å². The maximum atomic E-state index is 12.2. The summed E-state index contributed by atoms with van der Waals surface area (Å²) in [7, 11) is -3.28. The summed E-state index contributed by atoms with van der Waals surface area (Å²) in [5.74, 6) is -0.0172. The molecule has 0 radical (unpaired) electrons. The number of nitrogens with zero attached hydrogens (tertiary/aromatic N) is 1. The van der Waals surface area contributed by atoms with Crippen molar-refractivity contribution < 1.29 is 13.2 Å². The zero-order chi connectivity index (χ0) is 16.3. The fourth-order valence-electron chi connectivity index (χ4n) is 2.79. The lowest BCUT2D eigenvalue weighted by Gasteiger charge is -2.23. The van der Waals surface area contributed by atoms with Gasteiger partial charge < -0.3 is 5.32 Å². The minimum Gasteiger partial charge on any atom is -0.352 e. The van der Waals surface area contributed by atoms with Crippen LogP contribution in [0, 0.1) is 0 Å². The number of nitrogens with one attached hydrogen (secondary N) is 1. The molecular formula is C16H24N2O3S. The molecule has 0 fully saturated rings. The minimum atomic E-state index is -3.28. The van der Waals surface area contributed by atoms with E-state index in [1.165, 1.54) is 4.31 Å². The summed E-state index contributed by atoms with van der Waals surface area (Å²) in [6.45, 7) is 6.29. The Morgan fingerprint density at radius 3 is 2.73 bits per heavy atom. The van der Waals surface area contributed by atoms with Crippen molar-refractivity contribution in [3.8, 4) is 0 Å². The number of amides is 1. The van der Waals surface area contributed by atoms with Gasteiger partial charge in [0.05, 0.1) is 11.4 Å². The Labute approximate surface area is 132 Å². The van der Waals surface area contributed by atoms with E-state index >= 15 is 0 Å². The Hall–Kier alpha value is -1.56. The van der Waals surface area contributed by atoms with E-state index in [2.05, 4.69) is 12.2 Å². The minimum absolute atomic E-state index is 0.0794. The molecule has 1 N–H and O–H groups in total. The zero-order valence-electron chi connectivity index (χ0n) is 13.4. The van der Waals surface area contributed by atoms with Gasteiger partial charge in [-0.15, -0.1) is 0 Å². The summed E-state index contributed by atoms with van der Waals surface area (Å²) < 4.78 is 25.9. The van der Waals surface area contributed by atoms with Crippen LogP contribution in [0.15, 0.2) is 18.2 Å². The van der Waals surface area contributed by atoms with Crippen molar-refractivity contribution >= 4 is 21.6 Å². The third-order valence-electron chi connectivity index (χ3n) is 3.98. The molecule has 1 aliphatic heterocycles. The van der Waals surface area contributed by atoms with Gasteiger partial charge in [0, 0.05) is 18.2 Å². The van der Waals surface area contributed by atoms with Gasteiger partial charge in [-0.2, -0.15) is 0 Å². The third kappa shape index (κ3) is 3.27. The van der Waals surface area contributed by atoms with E-state index in [9.17, 15) is 13.2 Å². The first-order valence-corrected chi connectivity index (χ1v) is 9.44. The fourth-order valence-corrected chi connectivity index (χ4v) is 4.17. The molecule has 0 bridgehead atoms. The van der Waals surface area contributed by atoms with E-state index in [0.717, 1.165) is 18.4 Å². The molecule has 0 saturated carbocycles. The second-order valence-electron chi connectivity index (χ2n) is 5.70. The smallest absolute Gasteiger partial charge is 0.251 e. The van der Waals surface area contributed by atoms with Crippen molar-refractivity contribution in [1.82, 2.24) is 5.32 Å². The van der Waals surface area contributed by atoms with Gasteiger partial charge in [-0.05, 0) is 50.5 Å². The summed E-state index contributed by atoms with van der Waals surface area (Å²) in [5.41, 5.74) is 2.23. The number of carbonyl (C=O) groups is 1. The lowest BCUT2D eigenvalue weighted by atomic mass is 10.1. The molecule has 0 saturated heterocycles. The highest BCUT2D eigenvalue weighted by Crippen LogP contribution is 2.35. The molecule has 1 aromatic rings. The van der Waals surface area contributed by atoms with E-state index < -0.39 is 10.0 Å². The molecule has 1 aromatic carbocycles. The maximum absolute atomic E-state index is 12.2. The predicted octanol–water partition coefficient (Wildman–Crippen LogP) is 2.32. The average Bonchev–Trinajstić information content (AvgIpc) is 2.82. The van der Waals surface area contributed by atoms with Gasteiger partial charge in [0.15, 0.2) is 0 Å². The summed E-state index contributed by atoms with van der Waals surface area (Å²) in [5, 5.41) is 2.88. The van der Waals surface area contributed by atoms with Crippen molar-refractivity contribution in [2.45, 2.75) is 46.1 Å². The average molecular weight is 324 g/mol. The summed E-state index contributed by atoms with van der Waals surface area (Å²) in [4.78, 5) is 12.1. The molecule has 2 rings (SSSR count). The van der Waals surface area contributed by atoms with Gasteiger partial charge in [-0.1, -0.05) is 13.3 Å². The van der Waals surface area contributed by atoms with Crippen molar-refractivity contribution in [3.05, 3.63) is 29.3 Å². The van der Waals surface area contributed by atoms with Crippen LogP contribution >= 0.6 is 0 Å². The number of sulfonamides is 1. The molecule has 1 amide bonds. The van der Waals surface area contributed by atoms with E-state index in [1.807, 2.05) is 13.0 Å². The van der Waals surface area contributed by atoms with Crippen LogP contribution in [0.1, 0.15) is 49.5 Å². The first-order valence-electron chi connectivity index (χ1n) is 7.84. The van der Waals surface area contributed by atoms with Gasteiger partial charge in [0.2, 0.25) is 10.0 Å². The molecule has 0 aromatic heterocycles. The first kappa shape index (κ1) is 16.8. The van der Waals surface area contributed by atoms with Crippen LogP contribution in [-0.4, -0.2) is 32.7 Å². The van der Waals surface area contributed by atoms with Crippen LogP contribution in [0.2, 0.25) is 0 Å². The normalized spacial score (nSPS) is 17.4. The number of anilines is 1. The summed E-state index contributed by atoms with van der Waals surface area (Å²) in [6.07, 6.45) is 2.63. The first-order chi connectivity index (χ1) is 10.4. The van der Waals surface area contributed by atoms with Crippen LogP contribution in [-0.2, 0) is 16.4 Å². The highest BCUT2D eigenvalue weighted by atomic mass is 32.2. The van der Waals surface area contributed by atoms with Crippen LogP contribution in [0.25, 0.3) is 0 Å². The van der Waals surface area contributed by atoms with Crippen LogP contribution < -0.4 is 9.62 Å². The molecule has 1 aliphatic rings. The van der Waals surface area contributed by atoms with Gasteiger partial charge in [0.25, 0.3) is 5.91 Å². The number of rotatable bonds is 6. The SMILES string of the molecule is CCCCNC(=O)c1ccc2c(c1)C[C@H](C)N2S(=O)(=O)CC. The number of hydrogen-bond donors (Lipinski definition) is 1. The molecule has 0 unspecified atom stereocenters. The van der Waals surface area contributed by atoms with E-state index in [1.54, 1.807) is 19.1 Å². The van der Waals surface area contributed by atoms with E-state index in [-0.39, 0.29) is 17.7 Å². The topological polar surface area (TPSA) is 66.5 Å². The molecule has 6 heteroatoms.